The second-order valence-electron chi connectivity index (χ2n) is 3.98. The van der Waals surface area contributed by atoms with E-state index in [1.807, 2.05) is 13.8 Å². The fourth-order valence-electron chi connectivity index (χ4n) is 1.66. The third-order valence-corrected chi connectivity index (χ3v) is 3.18. The van der Waals surface area contributed by atoms with Gasteiger partial charge in [0.05, 0.1) is 6.10 Å². The van der Waals surface area contributed by atoms with Crippen molar-refractivity contribution in [1.29, 1.82) is 0 Å². The molecule has 0 saturated heterocycles. The number of alkyl halides is 1. The van der Waals surface area contributed by atoms with E-state index in [0.717, 1.165) is 11.1 Å². The van der Waals surface area contributed by atoms with Crippen LogP contribution in [0.4, 0.5) is 5.69 Å². The Hall–Kier alpha value is -0.770. The van der Waals surface area contributed by atoms with Crippen LogP contribution in [0.1, 0.15) is 29.2 Å². The highest BCUT2D eigenvalue weighted by Crippen LogP contribution is 2.27. The third kappa shape index (κ3) is 2.67. The first kappa shape index (κ1) is 13.3. The highest BCUT2D eigenvalue weighted by Gasteiger charge is 2.20. The molecule has 1 rings (SSSR count). The van der Waals surface area contributed by atoms with E-state index < -0.39 is 12.2 Å². The summed E-state index contributed by atoms with van der Waals surface area (Å²) in [5.41, 5.74) is 9.02. The molecule has 0 saturated carbocycles. The summed E-state index contributed by atoms with van der Waals surface area (Å²) in [4.78, 5) is 0. The number of nitrogens with two attached hydrogens (primary N) is 1. The molecular weight excluding hydrogens is 226 g/mol. The molecule has 0 aromatic heterocycles. The number of hydrogen-bond donors (Lipinski definition) is 3. The summed E-state index contributed by atoms with van der Waals surface area (Å²) in [5.74, 6) is 0.325. The number of nitrogen functional groups attached to an aromatic ring is 1. The number of anilines is 1. The lowest BCUT2D eigenvalue weighted by molar-refractivity contribution is 0.0166. The van der Waals surface area contributed by atoms with E-state index >= 15 is 0 Å². The van der Waals surface area contributed by atoms with Gasteiger partial charge in [-0.15, -0.1) is 11.6 Å². The maximum Gasteiger partial charge on any atom is 0.105 e. The molecule has 0 spiro atoms. The van der Waals surface area contributed by atoms with Crippen LogP contribution in [0.25, 0.3) is 0 Å². The van der Waals surface area contributed by atoms with E-state index in [2.05, 4.69) is 0 Å². The van der Waals surface area contributed by atoms with E-state index in [0.29, 0.717) is 23.6 Å². The second kappa shape index (κ2) is 5.53. The molecule has 2 unspecified atom stereocenters. The minimum absolute atomic E-state index is 0.325. The van der Waals surface area contributed by atoms with Gasteiger partial charge in [-0.1, -0.05) is 6.07 Å². The topological polar surface area (TPSA) is 66.5 Å². The summed E-state index contributed by atoms with van der Waals surface area (Å²) in [7, 11) is 0. The van der Waals surface area contributed by atoms with Crippen LogP contribution in [-0.2, 0) is 0 Å². The number of benzene rings is 1. The molecule has 0 aliphatic heterocycles. The average molecular weight is 244 g/mol. The Morgan fingerprint density at radius 2 is 1.88 bits per heavy atom. The quantitative estimate of drug-likeness (QED) is 0.559. The van der Waals surface area contributed by atoms with Gasteiger partial charge in [0.1, 0.15) is 6.10 Å². The summed E-state index contributed by atoms with van der Waals surface area (Å²) in [5, 5.41) is 19.7. The van der Waals surface area contributed by atoms with Gasteiger partial charge in [-0.3, -0.25) is 0 Å². The van der Waals surface area contributed by atoms with Crippen molar-refractivity contribution in [2.45, 2.75) is 32.5 Å². The molecule has 4 N–H and O–H groups in total. The van der Waals surface area contributed by atoms with E-state index in [1.54, 1.807) is 12.1 Å². The van der Waals surface area contributed by atoms with Crippen molar-refractivity contribution in [3.63, 3.8) is 0 Å². The monoisotopic (exact) mass is 243 g/mol. The standard InChI is InChI=1S/C12H18ClNO2/c1-7-8(2)10(14)4-3-9(7)12(16)11(15)5-6-13/h3-4,11-12,15-16H,5-6,14H2,1-2H3. The van der Waals surface area contributed by atoms with Crippen LogP contribution < -0.4 is 5.73 Å². The first-order valence-electron chi connectivity index (χ1n) is 5.26. The van der Waals surface area contributed by atoms with Gasteiger partial charge in [0, 0.05) is 11.6 Å². The van der Waals surface area contributed by atoms with E-state index in [1.165, 1.54) is 0 Å². The van der Waals surface area contributed by atoms with Crippen LogP contribution in [0.5, 0.6) is 0 Å². The molecule has 0 bridgehead atoms. The van der Waals surface area contributed by atoms with Gasteiger partial charge in [0.15, 0.2) is 0 Å². The van der Waals surface area contributed by atoms with Crippen molar-refractivity contribution in [2.75, 3.05) is 11.6 Å². The molecule has 2 atom stereocenters. The van der Waals surface area contributed by atoms with Crippen LogP contribution >= 0.6 is 11.6 Å². The highest BCUT2D eigenvalue weighted by molar-refractivity contribution is 6.17. The number of aliphatic hydroxyl groups is 2. The fraction of sp³-hybridized carbons (Fsp3) is 0.500. The third-order valence-electron chi connectivity index (χ3n) is 2.96. The predicted molar refractivity (Wildman–Crippen MR) is 66.6 cm³/mol. The van der Waals surface area contributed by atoms with Gasteiger partial charge in [-0.25, -0.2) is 0 Å². The zero-order valence-electron chi connectivity index (χ0n) is 9.57. The smallest absolute Gasteiger partial charge is 0.105 e. The molecule has 0 radical (unpaired) electrons. The Morgan fingerprint density at radius 3 is 2.44 bits per heavy atom. The fourth-order valence-corrected chi connectivity index (χ4v) is 1.88. The van der Waals surface area contributed by atoms with Gasteiger partial charge in [0.2, 0.25) is 0 Å². The normalized spacial score (nSPS) is 14.8. The largest absolute Gasteiger partial charge is 0.399 e. The molecule has 0 fully saturated rings. The van der Waals surface area contributed by atoms with E-state index in [-0.39, 0.29) is 0 Å². The molecule has 0 heterocycles. The summed E-state index contributed by atoms with van der Waals surface area (Å²) >= 11 is 5.53. The zero-order valence-corrected chi connectivity index (χ0v) is 10.3. The summed E-state index contributed by atoms with van der Waals surface area (Å²) in [6.07, 6.45) is -1.37. The van der Waals surface area contributed by atoms with Crippen molar-refractivity contribution in [3.05, 3.63) is 28.8 Å². The molecule has 0 aliphatic rings. The van der Waals surface area contributed by atoms with Crippen molar-refractivity contribution >= 4 is 17.3 Å². The first-order valence-corrected chi connectivity index (χ1v) is 5.80. The van der Waals surface area contributed by atoms with Crippen LogP contribution in [0.2, 0.25) is 0 Å². The summed E-state index contributed by atoms with van der Waals surface area (Å²) in [6.45, 7) is 3.78. The molecule has 1 aromatic carbocycles. The van der Waals surface area contributed by atoms with E-state index in [9.17, 15) is 10.2 Å². The molecule has 90 valence electrons. The number of rotatable bonds is 4. The lowest BCUT2D eigenvalue weighted by atomic mass is 9.94. The van der Waals surface area contributed by atoms with Crippen molar-refractivity contribution in [2.24, 2.45) is 0 Å². The van der Waals surface area contributed by atoms with Crippen LogP contribution in [0.3, 0.4) is 0 Å². The second-order valence-corrected chi connectivity index (χ2v) is 4.36. The van der Waals surface area contributed by atoms with Crippen LogP contribution in [0.15, 0.2) is 12.1 Å². The van der Waals surface area contributed by atoms with Gasteiger partial charge in [0.25, 0.3) is 0 Å². The van der Waals surface area contributed by atoms with Crippen LogP contribution in [0, 0.1) is 13.8 Å². The van der Waals surface area contributed by atoms with Crippen LogP contribution in [-0.4, -0.2) is 22.2 Å². The Balaban J connectivity index is 3.00. The summed E-state index contributed by atoms with van der Waals surface area (Å²) in [6, 6.07) is 3.49. The Labute approximate surface area is 101 Å². The number of aliphatic hydroxyl groups excluding tert-OH is 2. The van der Waals surface area contributed by atoms with Crippen molar-refractivity contribution in [1.82, 2.24) is 0 Å². The maximum atomic E-state index is 9.97. The SMILES string of the molecule is Cc1c(N)ccc(C(O)C(O)CCCl)c1C. The molecule has 4 heteroatoms. The number of halogens is 1. The molecule has 0 amide bonds. The lowest BCUT2D eigenvalue weighted by Gasteiger charge is -2.20. The predicted octanol–water partition coefficient (Wildman–Crippen LogP) is 1.91. The molecule has 0 aliphatic carbocycles. The van der Waals surface area contributed by atoms with E-state index in [4.69, 9.17) is 17.3 Å². The molecule has 1 aromatic rings. The maximum absolute atomic E-state index is 9.97. The molecule has 3 nitrogen and oxygen atoms in total. The molecule has 16 heavy (non-hydrogen) atoms. The van der Waals surface area contributed by atoms with Gasteiger partial charge >= 0.3 is 0 Å². The first-order chi connectivity index (χ1) is 7.49. The highest BCUT2D eigenvalue weighted by atomic mass is 35.5. The van der Waals surface area contributed by atoms with Gasteiger partial charge in [-0.05, 0) is 43.0 Å². The van der Waals surface area contributed by atoms with Crippen molar-refractivity contribution < 1.29 is 10.2 Å². The molecular formula is C12H18ClNO2. The van der Waals surface area contributed by atoms with Gasteiger partial charge in [-0.2, -0.15) is 0 Å². The summed E-state index contributed by atoms with van der Waals surface area (Å²) < 4.78 is 0. The zero-order chi connectivity index (χ0) is 12.3. The average Bonchev–Trinajstić information content (AvgIpc) is 2.26. The number of hydrogen-bond acceptors (Lipinski definition) is 3. The Kier molecular flexibility index (Phi) is 4.59. The minimum atomic E-state index is -0.905. The minimum Gasteiger partial charge on any atom is -0.399 e. The van der Waals surface area contributed by atoms with Gasteiger partial charge < -0.3 is 15.9 Å². The Morgan fingerprint density at radius 1 is 1.25 bits per heavy atom. The Bertz CT molecular complexity index is 368. The lowest BCUT2D eigenvalue weighted by Crippen LogP contribution is -2.20. The van der Waals surface area contributed by atoms with Crippen molar-refractivity contribution in [3.8, 4) is 0 Å².